The van der Waals surface area contributed by atoms with E-state index in [1.165, 1.54) is 7.11 Å². The number of carbonyl (C=O) groups is 1. The summed E-state index contributed by atoms with van der Waals surface area (Å²) in [5.41, 5.74) is 1.76. The molecule has 0 aromatic heterocycles. The lowest BCUT2D eigenvalue weighted by Crippen LogP contribution is -2.07. The van der Waals surface area contributed by atoms with Crippen LogP contribution in [0.5, 0.6) is 0 Å². The molecule has 0 aliphatic carbocycles. The molecule has 4 heteroatoms. The van der Waals surface area contributed by atoms with Crippen molar-refractivity contribution < 1.29 is 13.7 Å². The summed E-state index contributed by atoms with van der Waals surface area (Å²) < 4.78 is 16.6. The zero-order valence-electron chi connectivity index (χ0n) is 10.4. The Morgan fingerprint density at radius 3 is 2.76 bits per heavy atom. The van der Waals surface area contributed by atoms with Gasteiger partial charge in [0.1, 0.15) is 0 Å². The van der Waals surface area contributed by atoms with Gasteiger partial charge in [-0.3, -0.25) is 9.00 Å². The maximum Gasteiger partial charge on any atom is 0.309 e. The number of hydrogen-bond donors (Lipinski definition) is 0. The molecule has 0 aliphatic heterocycles. The first-order chi connectivity index (χ1) is 7.96. The maximum absolute atomic E-state index is 12.0. The molecule has 1 aromatic carbocycles. The highest BCUT2D eigenvalue weighted by Crippen LogP contribution is 2.06. The predicted molar refractivity (Wildman–Crippen MR) is 71.9 cm³/mol. The molecule has 0 amide bonds. The molecule has 0 bridgehead atoms. The molecule has 1 rings (SSSR count). The summed E-state index contributed by atoms with van der Waals surface area (Å²) in [5.74, 6) is 0.351. The van der Waals surface area contributed by atoms with Crippen molar-refractivity contribution in [2.75, 3.05) is 19.1 Å². The first-order valence-corrected chi connectivity index (χ1v) is 7.64. The van der Waals surface area contributed by atoms with Gasteiger partial charge in [-0.25, -0.2) is 0 Å². The summed E-state index contributed by atoms with van der Waals surface area (Å²) in [7, 11) is -0.545. The van der Waals surface area contributed by atoms with E-state index in [0.717, 1.165) is 11.1 Å². The molecule has 0 radical (unpaired) electrons. The SMILES string of the molecule is CCS(C)(=O)=Cc1cccc(CC(=O)OC)c1. The Kier molecular flexibility index (Phi) is 4.75. The highest BCUT2D eigenvalue weighted by atomic mass is 32.2. The second-order valence-corrected chi connectivity index (χ2v) is 6.93. The Bertz CT molecular complexity index is 511. The van der Waals surface area contributed by atoms with Crippen LogP contribution in [0.2, 0.25) is 0 Å². The van der Waals surface area contributed by atoms with E-state index in [9.17, 15) is 9.00 Å². The average molecular weight is 254 g/mol. The molecule has 17 heavy (non-hydrogen) atoms. The van der Waals surface area contributed by atoms with Crippen LogP contribution >= 0.6 is 0 Å². The van der Waals surface area contributed by atoms with Crippen molar-refractivity contribution >= 4 is 20.9 Å². The summed E-state index contributed by atoms with van der Waals surface area (Å²) in [5, 5.41) is 1.77. The number of hydrogen-bond acceptors (Lipinski definition) is 3. The summed E-state index contributed by atoms with van der Waals surface area (Å²) in [4.78, 5) is 11.1. The third-order valence-electron chi connectivity index (χ3n) is 2.49. The van der Waals surface area contributed by atoms with Crippen molar-refractivity contribution in [1.82, 2.24) is 0 Å². The molecule has 0 N–H and O–H groups in total. The fourth-order valence-electron chi connectivity index (χ4n) is 1.39. The van der Waals surface area contributed by atoms with Crippen LogP contribution in [0.3, 0.4) is 0 Å². The van der Waals surface area contributed by atoms with E-state index in [-0.39, 0.29) is 12.4 Å². The van der Waals surface area contributed by atoms with Crippen molar-refractivity contribution in [3.63, 3.8) is 0 Å². The van der Waals surface area contributed by atoms with Gasteiger partial charge in [-0.1, -0.05) is 31.2 Å². The Hall–Kier alpha value is -1.29. The molecule has 0 aliphatic rings. The number of ether oxygens (including phenoxy) is 1. The number of rotatable bonds is 4. The second-order valence-electron chi connectivity index (χ2n) is 3.98. The normalized spacial score (nSPS) is 13.8. The molecule has 0 saturated heterocycles. The maximum atomic E-state index is 12.0. The van der Waals surface area contributed by atoms with Gasteiger partial charge in [0.25, 0.3) is 0 Å². The summed E-state index contributed by atoms with van der Waals surface area (Å²) in [6.07, 6.45) is 1.98. The van der Waals surface area contributed by atoms with E-state index in [1.54, 1.807) is 11.6 Å². The van der Waals surface area contributed by atoms with Crippen LogP contribution in [-0.2, 0) is 25.5 Å². The van der Waals surface area contributed by atoms with Gasteiger partial charge in [-0.2, -0.15) is 0 Å². The molecular formula is C13H18O3S. The third-order valence-corrected chi connectivity index (χ3v) is 4.40. The van der Waals surface area contributed by atoms with Crippen molar-refractivity contribution in [3.8, 4) is 0 Å². The van der Waals surface area contributed by atoms with Gasteiger partial charge >= 0.3 is 5.97 Å². The molecule has 0 spiro atoms. The van der Waals surface area contributed by atoms with Crippen LogP contribution in [0.15, 0.2) is 24.3 Å². The number of carbonyl (C=O) groups excluding carboxylic acids is 1. The van der Waals surface area contributed by atoms with Crippen LogP contribution in [-0.4, -0.2) is 34.7 Å². The zero-order chi connectivity index (χ0) is 12.9. The lowest BCUT2D eigenvalue weighted by Gasteiger charge is -2.03. The van der Waals surface area contributed by atoms with E-state index in [4.69, 9.17) is 0 Å². The molecule has 0 saturated carbocycles. The summed E-state index contributed by atoms with van der Waals surface area (Å²) >= 11 is 0. The van der Waals surface area contributed by atoms with E-state index >= 15 is 0 Å². The minimum Gasteiger partial charge on any atom is -0.469 e. The van der Waals surface area contributed by atoms with E-state index < -0.39 is 9.52 Å². The van der Waals surface area contributed by atoms with Crippen molar-refractivity contribution in [1.29, 1.82) is 0 Å². The van der Waals surface area contributed by atoms with Crippen LogP contribution < -0.4 is 0 Å². The van der Waals surface area contributed by atoms with Gasteiger partial charge in [0.05, 0.1) is 13.5 Å². The fourth-order valence-corrected chi connectivity index (χ4v) is 2.28. The summed E-state index contributed by atoms with van der Waals surface area (Å²) in [6, 6.07) is 7.47. The second kappa shape index (κ2) is 5.87. The molecule has 3 nitrogen and oxygen atoms in total. The molecular weight excluding hydrogens is 236 g/mol. The molecule has 94 valence electrons. The monoisotopic (exact) mass is 254 g/mol. The van der Waals surface area contributed by atoms with Crippen LogP contribution in [0.4, 0.5) is 0 Å². The smallest absolute Gasteiger partial charge is 0.309 e. The Balaban J connectivity index is 2.98. The highest BCUT2D eigenvalue weighted by molar-refractivity contribution is 8.00. The predicted octanol–water partition coefficient (Wildman–Crippen LogP) is 1.49. The highest BCUT2D eigenvalue weighted by Gasteiger charge is 2.03. The standard InChI is InChI=1S/C13H18O3S/c1-4-17(3,15)10-12-7-5-6-11(8-12)9-13(14)16-2/h5-8,10H,4,9H2,1-3H3. The van der Waals surface area contributed by atoms with Crippen molar-refractivity contribution in [3.05, 3.63) is 35.4 Å². The third kappa shape index (κ3) is 4.61. The Labute approximate surface area is 103 Å². The molecule has 1 unspecified atom stereocenters. The molecule has 0 heterocycles. The largest absolute Gasteiger partial charge is 0.469 e. The lowest BCUT2D eigenvalue weighted by molar-refractivity contribution is -0.139. The van der Waals surface area contributed by atoms with Crippen LogP contribution in [0, 0.1) is 0 Å². The first-order valence-electron chi connectivity index (χ1n) is 5.44. The van der Waals surface area contributed by atoms with Gasteiger partial charge < -0.3 is 4.74 Å². The van der Waals surface area contributed by atoms with Gasteiger partial charge in [-0.15, -0.1) is 0 Å². The average Bonchev–Trinajstić information content (AvgIpc) is 2.29. The van der Waals surface area contributed by atoms with Crippen molar-refractivity contribution in [2.45, 2.75) is 13.3 Å². The minimum atomic E-state index is -1.91. The Morgan fingerprint density at radius 2 is 2.18 bits per heavy atom. The lowest BCUT2D eigenvalue weighted by atomic mass is 10.1. The number of benzene rings is 1. The minimum absolute atomic E-state index is 0.245. The molecule has 1 aromatic rings. The van der Waals surface area contributed by atoms with E-state index in [1.807, 2.05) is 31.2 Å². The van der Waals surface area contributed by atoms with Gasteiger partial charge in [-0.05, 0) is 26.0 Å². The van der Waals surface area contributed by atoms with Crippen molar-refractivity contribution in [2.24, 2.45) is 0 Å². The van der Waals surface area contributed by atoms with Crippen LogP contribution in [0.25, 0.3) is 0 Å². The van der Waals surface area contributed by atoms with Gasteiger partial charge in [0, 0.05) is 12.0 Å². The quantitative estimate of drug-likeness (QED) is 0.604. The van der Waals surface area contributed by atoms with E-state index in [0.29, 0.717) is 5.75 Å². The number of esters is 1. The van der Waals surface area contributed by atoms with Gasteiger partial charge in [0.15, 0.2) is 0 Å². The van der Waals surface area contributed by atoms with E-state index in [2.05, 4.69) is 4.74 Å². The summed E-state index contributed by atoms with van der Waals surface area (Å²) in [6.45, 7) is 1.90. The fraction of sp³-hybridized carbons (Fsp3) is 0.385. The Morgan fingerprint density at radius 1 is 1.47 bits per heavy atom. The zero-order valence-corrected chi connectivity index (χ0v) is 11.3. The molecule has 0 fully saturated rings. The topological polar surface area (TPSA) is 43.4 Å². The molecule has 1 atom stereocenters. The number of methoxy groups -OCH3 is 1. The van der Waals surface area contributed by atoms with Crippen LogP contribution in [0.1, 0.15) is 18.1 Å². The van der Waals surface area contributed by atoms with Gasteiger partial charge in [0.2, 0.25) is 0 Å². The first kappa shape index (κ1) is 13.8.